The average Bonchev–Trinajstić information content (AvgIpc) is 2.98. The number of likely N-dealkylation sites (N-methyl/N-ethyl adjacent to an activating group) is 1. The Kier molecular flexibility index (Phi) is 10.5. The lowest BCUT2D eigenvalue weighted by Crippen LogP contribution is -2.53. The second kappa shape index (κ2) is 14.1. The Hall–Kier alpha value is -3.56. The Morgan fingerprint density at radius 3 is 2.12 bits per heavy atom. The van der Waals surface area contributed by atoms with Crippen molar-refractivity contribution < 1.29 is 18.0 Å². The van der Waals surface area contributed by atoms with Crippen LogP contribution in [0.1, 0.15) is 11.1 Å². The zero-order valence-corrected chi connectivity index (χ0v) is 25.7. The fraction of sp³-hybridized carbons (Fsp3) is 0.161. The van der Waals surface area contributed by atoms with Gasteiger partial charge in [0.05, 0.1) is 10.6 Å². The third kappa shape index (κ3) is 7.63. The van der Waals surface area contributed by atoms with Crippen LogP contribution in [0.2, 0.25) is 15.1 Å². The molecule has 0 aromatic heterocycles. The predicted molar refractivity (Wildman–Crippen MR) is 167 cm³/mol. The van der Waals surface area contributed by atoms with E-state index in [0.717, 1.165) is 9.87 Å². The van der Waals surface area contributed by atoms with Crippen molar-refractivity contribution in [3.63, 3.8) is 0 Å². The summed E-state index contributed by atoms with van der Waals surface area (Å²) in [5, 5.41) is 3.70. The molecule has 7 nitrogen and oxygen atoms in total. The first-order chi connectivity index (χ1) is 20.1. The molecule has 42 heavy (non-hydrogen) atoms. The first-order valence-electron chi connectivity index (χ1n) is 12.9. The normalized spacial score (nSPS) is 11.9. The van der Waals surface area contributed by atoms with Gasteiger partial charge < -0.3 is 10.2 Å². The number of halogens is 3. The van der Waals surface area contributed by atoms with Crippen LogP contribution in [-0.4, -0.2) is 44.8 Å². The van der Waals surface area contributed by atoms with Crippen LogP contribution >= 0.6 is 34.8 Å². The summed E-state index contributed by atoms with van der Waals surface area (Å²) < 4.78 is 28.9. The van der Waals surface area contributed by atoms with Crippen LogP contribution < -0.4 is 9.62 Å². The Labute approximate surface area is 260 Å². The smallest absolute Gasteiger partial charge is 0.264 e. The number of anilines is 1. The first-order valence-corrected chi connectivity index (χ1v) is 15.5. The second-order valence-corrected chi connectivity index (χ2v) is 12.5. The number of carbonyl (C=O) groups excluding carboxylic acids is 2. The molecular formula is C31H28Cl3N3O4S. The molecule has 11 heteroatoms. The van der Waals surface area contributed by atoms with E-state index in [2.05, 4.69) is 5.32 Å². The lowest BCUT2D eigenvalue weighted by molar-refractivity contribution is -0.139. The van der Waals surface area contributed by atoms with Crippen LogP contribution in [0, 0.1) is 0 Å². The molecule has 0 spiro atoms. The van der Waals surface area contributed by atoms with E-state index in [9.17, 15) is 18.0 Å². The highest BCUT2D eigenvalue weighted by Gasteiger charge is 2.34. The van der Waals surface area contributed by atoms with Gasteiger partial charge in [0.1, 0.15) is 12.6 Å². The Morgan fingerprint density at radius 1 is 0.810 bits per heavy atom. The van der Waals surface area contributed by atoms with E-state index in [-0.39, 0.29) is 28.6 Å². The quantitative estimate of drug-likeness (QED) is 0.210. The second-order valence-electron chi connectivity index (χ2n) is 9.38. The first kappa shape index (κ1) is 31.4. The summed E-state index contributed by atoms with van der Waals surface area (Å²) in [6, 6.07) is 27.1. The van der Waals surface area contributed by atoms with Crippen molar-refractivity contribution in [2.24, 2.45) is 0 Å². The van der Waals surface area contributed by atoms with Crippen LogP contribution in [0.5, 0.6) is 0 Å². The molecule has 0 aliphatic carbocycles. The van der Waals surface area contributed by atoms with Gasteiger partial charge >= 0.3 is 0 Å². The summed E-state index contributed by atoms with van der Waals surface area (Å²) in [6.45, 7) is -0.647. The number of nitrogens with zero attached hydrogens (tertiary/aromatic N) is 2. The topological polar surface area (TPSA) is 86.8 Å². The van der Waals surface area contributed by atoms with E-state index >= 15 is 0 Å². The molecular weight excluding hydrogens is 617 g/mol. The maximum absolute atomic E-state index is 14.3. The molecule has 2 amide bonds. The van der Waals surface area contributed by atoms with Crippen molar-refractivity contribution >= 4 is 62.3 Å². The van der Waals surface area contributed by atoms with Gasteiger partial charge in [-0.2, -0.15) is 0 Å². The minimum atomic E-state index is -4.27. The van der Waals surface area contributed by atoms with Crippen LogP contribution in [0.4, 0.5) is 5.69 Å². The molecule has 0 aliphatic heterocycles. The van der Waals surface area contributed by atoms with Crippen LogP contribution in [0.15, 0.2) is 108 Å². The van der Waals surface area contributed by atoms with E-state index in [1.807, 2.05) is 30.3 Å². The van der Waals surface area contributed by atoms with Gasteiger partial charge in [0.2, 0.25) is 11.8 Å². The van der Waals surface area contributed by atoms with Crippen molar-refractivity contribution in [3.8, 4) is 0 Å². The van der Waals surface area contributed by atoms with E-state index < -0.39 is 34.4 Å². The third-order valence-electron chi connectivity index (χ3n) is 6.59. The fourth-order valence-electron chi connectivity index (χ4n) is 4.42. The van der Waals surface area contributed by atoms with Crippen molar-refractivity contribution in [2.45, 2.75) is 23.9 Å². The van der Waals surface area contributed by atoms with Gasteiger partial charge in [-0.3, -0.25) is 13.9 Å². The van der Waals surface area contributed by atoms with Gasteiger partial charge in [-0.25, -0.2) is 8.42 Å². The molecule has 0 saturated carbocycles. The number of hydrogen-bond donors (Lipinski definition) is 1. The Balaban J connectivity index is 1.80. The summed E-state index contributed by atoms with van der Waals surface area (Å²) in [5.74, 6) is -1.02. The molecule has 0 radical (unpaired) electrons. The average molecular weight is 645 g/mol. The van der Waals surface area contributed by atoms with Gasteiger partial charge in [0.25, 0.3) is 10.0 Å². The van der Waals surface area contributed by atoms with Crippen LogP contribution in [0.3, 0.4) is 0 Å². The van der Waals surface area contributed by atoms with Gasteiger partial charge in [-0.15, -0.1) is 0 Å². The predicted octanol–water partition coefficient (Wildman–Crippen LogP) is 6.23. The van der Waals surface area contributed by atoms with E-state index in [0.29, 0.717) is 15.6 Å². The van der Waals surface area contributed by atoms with Crippen molar-refractivity contribution in [2.75, 3.05) is 17.9 Å². The summed E-state index contributed by atoms with van der Waals surface area (Å²) in [5.41, 5.74) is 1.61. The highest BCUT2D eigenvalue weighted by atomic mass is 35.5. The molecule has 218 valence electrons. The number of amides is 2. The van der Waals surface area contributed by atoms with E-state index in [1.165, 1.54) is 42.3 Å². The monoisotopic (exact) mass is 643 g/mol. The molecule has 0 bridgehead atoms. The molecule has 0 fully saturated rings. The third-order valence-corrected chi connectivity index (χ3v) is 9.24. The van der Waals surface area contributed by atoms with Crippen molar-refractivity contribution in [3.05, 3.63) is 129 Å². The molecule has 0 heterocycles. The molecule has 0 saturated heterocycles. The van der Waals surface area contributed by atoms with Crippen LogP contribution in [0.25, 0.3) is 0 Å². The number of hydrogen-bond acceptors (Lipinski definition) is 4. The molecule has 4 aromatic carbocycles. The molecule has 0 aliphatic rings. The number of nitrogens with one attached hydrogen (secondary N) is 1. The maximum atomic E-state index is 14.3. The molecule has 4 aromatic rings. The number of rotatable bonds is 11. The highest BCUT2D eigenvalue weighted by molar-refractivity contribution is 7.92. The van der Waals surface area contributed by atoms with Crippen molar-refractivity contribution in [1.29, 1.82) is 0 Å². The summed E-state index contributed by atoms with van der Waals surface area (Å²) in [7, 11) is -2.78. The van der Waals surface area contributed by atoms with Gasteiger partial charge in [0, 0.05) is 35.1 Å². The summed E-state index contributed by atoms with van der Waals surface area (Å²) >= 11 is 18.7. The Bertz CT molecular complexity index is 1650. The van der Waals surface area contributed by atoms with Gasteiger partial charge in [-0.05, 0) is 59.7 Å². The minimum absolute atomic E-state index is 0.0339. The molecule has 0 unspecified atom stereocenters. The number of benzene rings is 4. The number of sulfonamides is 1. The summed E-state index contributed by atoms with van der Waals surface area (Å²) in [6.07, 6.45) is 0.192. The zero-order valence-electron chi connectivity index (χ0n) is 22.6. The molecule has 1 N–H and O–H groups in total. The SMILES string of the molecule is CNC(=O)[C@@H](Cc1ccccc1)N(Cc1ccccc1Cl)C(=O)CN(c1cccc(Cl)c1)S(=O)(=O)c1ccc(Cl)cc1. The largest absolute Gasteiger partial charge is 0.357 e. The minimum Gasteiger partial charge on any atom is -0.357 e. The van der Waals surface area contributed by atoms with E-state index in [1.54, 1.807) is 42.5 Å². The van der Waals surface area contributed by atoms with E-state index in [4.69, 9.17) is 34.8 Å². The lowest BCUT2D eigenvalue weighted by atomic mass is 10.0. The Morgan fingerprint density at radius 2 is 1.48 bits per heavy atom. The van der Waals surface area contributed by atoms with Gasteiger partial charge in [-0.1, -0.05) is 89.4 Å². The van der Waals surface area contributed by atoms with Gasteiger partial charge in [0.15, 0.2) is 0 Å². The van der Waals surface area contributed by atoms with Crippen molar-refractivity contribution in [1.82, 2.24) is 10.2 Å². The summed E-state index contributed by atoms with van der Waals surface area (Å²) in [4.78, 5) is 28.8. The standard InChI is InChI=1S/C31H28Cl3N3O4S/c1-35-31(39)29(18-22-8-3-2-4-9-22)36(20-23-10-5-6-13-28(23)34)30(38)21-37(26-12-7-11-25(33)19-26)42(40,41)27-16-14-24(32)15-17-27/h2-17,19,29H,18,20-21H2,1H3,(H,35,39)/t29-/m1/s1. The highest BCUT2D eigenvalue weighted by Crippen LogP contribution is 2.28. The number of carbonyl (C=O) groups is 2. The molecule has 1 atom stereocenters. The molecule has 4 rings (SSSR count). The zero-order chi connectivity index (χ0) is 30.3. The lowest BCUT2D eigenvalue weighted by Gasteiger charge is -2.33. The van der Waals surface area contributed by atoms with Crippen LogP contribution in [-0.2, 0) is 32.6 Å². The maximum Gasteiger partial charge on any atom is 0.264 e. The fourth-order valence-corrected chi connectivity index (χ4v) is 6.34.